The third kappa shape index (κ3) is 0.588. The van der Waals surface area contributed by atoms with E-state index in [9.17, 15) is 4.79 Å². The van der Waals surface area contributed by atoms with Gasteiger partial charge in [-0.05, 0) is 19.7 Å². The summed E-state index contributed by atoms with van der Waals surface area (Å²) in [5.74, 6) is -0.694. The largest absolute Gasteiger partial charge is 0.300 e. The van der Waals surface area contributed by atoms with Gasteiger partial charge in [-0.2, -0.15) is 0 Å². The number of rotatable bonds is 1. The Kier molecular flexibility index (Phi) is 0.293. The molecule has 0 aliphatic heterocycles. The predicted octanol–water partition coefficient (Wildman–Crippen LogP) is 0.985. The highest BCUT2D eigenvalue weighted by molar-refractivity contribution is 5.80. The van der Waals surface area contributed by atoms with E-state index >= 15 is 0 Å². The Bertz CT molecular complexity index is 134. The fraction of sp³-hybridized carbons (Fsp3) is 0.800. The van der Waals surface area contributed by atoms with Crippen LogP contribution in [0.25, 0.3) is 0 Å². The van der Waals surface area contributed by atoms with Crippen LogP contribution in [0.3, 0.4) is 0 Å². The molecule has 1 aliphatic rings. The highest BCUT2D eigenvalue weighted by Crippen LogP contribution is 2.29. The van der Waals surface area contributed by atoms with Crippen molar-refractivity contribution in [3.8, 4) is 0 Å². The molecule has 6 heavy (non-hydrogen) atoms. The molecule has 0 saturated heterocycles. The van der Waals surface area contributed by atoms with Crippen molar-refractivity contribution < 1.29 is 8.91 Å². The monoisotopic (exact) mass is 87.1 g/mol. The average molecular weight is 87.1 g/mol. The van der Waals surface area contributed by atoms with Crippen LogP contribution >= 0.6 is 0 Å². The third-order valence-corrected chi connectivity index (χ3v) is 0.948. The summed E-state index contributed by atoms with van der Waals surface area (Å²) in [5.41, 5.74) is 0. The van der Waals surface area contributed by atoms with Gasteiger partial charge in [0.25, 0.3) is 0 Å². The molecule has 1 nitrogen and oxygen atoms in total. The Morgan fingerprint density at radius 1 is 2.00 bits per heavy atom. The zero-order valence-electron chi connectivity index (χ0n) is 6.40. The maximum atomic E-state index is 10.7. The molecule has 0 unspecified atom stereocenters. The van der Waals surface area contributed by atoms with Crippen LogP contribution in [0.4, 0.5) is 0 Å². The van der Waals surface area contributed by atoms with Gasteiger partial charge in [-0.25, -0.2) is 0 Å². The topological polar surface area (TPSA) is 17.1 Å². The van der Waals surface area contributed by atoms with Gasteiger partial charge in [0.15, 0.2) is 0 Å². The molecular formula is C5H8O. The normalized spacial score (nSPS) is 30.3. The second-order valence-electron chi connectivity index (χ2n) is 1.64. The van der Waals surface area contributed by atoms with Gasteiger partial charge >= 0.3 is 0 Å². The molecule has 0 bridgehead atoms. The Labute approximate surface area is 41.6 Å². The Morgan fingerprint density at radius 2 is 2.67 bits per heavy atom. The lowest BCUT2D eigenvalue weighted by Gasteiger charge is -1.75. The van der Waals surface area contributed by atoms with Crippen LogP contribution in [-0.2, 0) is 4.79 Å². The fourth-order valence-corrected chi connectivity index (χ4v) is 0.346. The molecule has 0 amide bonds. The molecule has 1 rings (SSSR count). The molecule has 0 N–H and O–H groups in total. The molecule has 0 radical (unpaired) electrons. The minimum atomic E-state index is -2.35. The van der Waals surface area contributed by atoms with Crippen LogP contribution in [0.2, 0.25) is 0 Å². The molecule has 0 atom stereocenters. The van der Waals surface area contributed by atoms with E-state index in [0.29, 0.717) is 0 Å². The van der Waals surface area contributed by atoms with Crippen LogP contribution in [0.15, 0.2) is 0 Å². The Morgan fingerprint density at radius 3 is 2.83 bits per heavy atom. The highest BCUT2D eigenvalue weighted by atomic mass is 16.1. The van der Waals surface area contributed by atoms with Gasteiger partial charge in [0.2, 0.25) is 0 Å². The summed E-state index contributed by atoms with van der Waals surface area (Å²) < 4.78 is 20.1. The lowest BCUT2D eigenvalue weighted by atomic mass is 10.3. The number of carbonyl (C=O) groups excluding carboxylic acids is 1. The quantitative estimate of drug-likeness (QED) is 0.466. The van der Waals surface area contributed by atoms with Crippen LogP contribution < -0.4 is 0 Å². The zero-order valence-corrected chi connectivity index (χ0v) is 3.40. The number of carbonyl (C=O) groups is 1. The van der Waals surface area contributed by atoms with E-state index in [-0.39, 0.29) is 5.92 Å². The minimum absolute atomic E-state index is 0.141. The molecule has 1 saturated carbocycles. The van der Waals surface area contributed by atoms with E-state index in [2.05, 4.69) is 0 Å². The van der Waals surface area contributed by atoms with E-state index in [1.165, 1.54) is 0 Å². The van der Waals surface area contributed by atoms with Crippen molar-refractivity contribution in [2.75, 3.05) is 0 Å². The van der Waals surface area contributed by atoms with Gasteiger partial charge in [0, 0.05) is 10.0 Å². The molecule has 34 valence electrons. The summed E-state index contributed by atoms with van der Waals surface area (Å²) in [6.07, 6.45) is 1.55. The van der Waals surface area contributed by atoms with Crippen LogP contribution in [0.1, 0.15) is 23.8 Å². The summed E-state index contributed by atoms with van der Waals surface area (Å²) in [7, 11) is 0. The van der Waals surface area contributed by atoms with Gasteiger partial charge in [-0.15, -0.1) is 0 Å². The third-order valence-electron chi connectivity index (χ3n) is 0.948. The predicted molar refractivity (Wildman–Crippen MR) is 23.4 cm³/mol. The summed E-state index contributed by atoms with van der Waals surface area (Å²) in [4.78, 5) is 10.7. The molecule has 1 heteroatoms. The molecule has 0 heterocycles. The van der Waals surface area contributed by atoms with E-state index in [1.807, 2.05) is 0 Å². The SMILES string of the molecule is [2H]C([2H])([2H])C(=O)C1CC1. The van der Waals surface area contributed by atoms with E-state index in [0.717, 1.165) is 12.8 Å². The van der Waals surface area contributed by atoms with Gasteiger partial charge in [0.05, 0.1) is 0 Å². The molecule has 1 fully saturated rings. The van der Waals surface area contributed by atoms with Crippen LogP contribution in [0.5, 0.6) is 0 Å². The maximum Gasteiger partial charge on any atom is 0.132 e. The van der Waals surface area contributed by atoms with Crippen molar-refractivity contribution in [2.45, 2.75) is 19.7 Å². The van der Waals surface area contributed by atoms with Crippen molar-refractivity contribution in [3.05, 3.63) is 0 Å². The number of hydrogen-bond donors (Lipinski definition) is 0. The molecule has 0 aromatic rings. The summed E-state index contributed by atoms with van der Waals surface area (Å²) in [5, 5.41) is 0. The Balaban J connectivity index is 2.50. The van der Waals surface area contributed by atoms with Crippen molar-refractivity contribution in [2.24, 2.45) is 5.92 Å². The van der Waals surface area contributed by atoms with Crippen LogP contribution in [0, 0.1) is 5.92 Å². The average Bonchev–Trinajstić information content (AvgIpc) is 2.40. The second-order valence-corrected chi connectivity index (χ2v) is 1.64. The summed E-state index contributed by atoms with van der Waals surface area (Å²) in [6.45, 7) is -2.35. The van der Waals surface area contributed by atoms with Gasteiger partial charge in [0.1, 0.15) is 5.78 Å². The maximum absolute atomic E-state index is 10.7. The Hall–Kier alpha value is -0.330. The second kappa shape index (κ2) is 1.07. The number of hydrogen-bond acceptors (Lipinski definition) is 1. The van der Waals surface area contributed by atoms with Gasteiger partial charge in [-0.1, -0.05) is 0 Å². The fourth-order valence-electron chi connectivity index (χ4n) is 0.346. The van der Waals surface area contributed by atoms with Crippen molar-refractivity contribution >= 4 is 5.78 Å². The number of ketones is 1. The lowest BCUT2D eigenvalue weighted by molar-refractivity contribution is -0.118. The van der Waals surface area contributed by atoms with E-state index < -0.39 is 12.6 Å². The van der Waals surface area contributed by atoms with Crippen molar-refractivity contribution in [1.82, 2.24) is 0 Å². The molecule has 0 aromatic carbocycles. The van der Waals surface area contributed by atoms with Gasteiger partial charge in [-0.3, -0.25) is 4.79 Å². The first-order valence-corrected chi connectivity index (χ1v) is 2.06. The summed E-state index contributed by atoms with van der Waals surface area (Å²) in [6, 6.07) is 0. The molecule has 0 spiro atoms. The molecule has 0 aromatic heterocycles. The lowest BCUT2D eigenvalue weighted by Crippen LogP contribution is -1.88. The van der Waals surface area contributed by atoms with Crippen molar-refractivity contribution in [3.63, 3.8) is 0 Å². The van der Waals surface area contributed by atoms with E-state index in [1.54, 1.807) is 0 Å². The van der Waals surface area contributed by atoms with Crippen molar-refractivity contribution in [1.29, 1.82) is 0 Å². The first-order chi connectivity index (χ1) is 4.02. The first-order valence-electron chi connectivity index (χ1n) is 3.56. The highest BCUT2D eigenvalue weighted by Gasteiger charge is 2.25. The minimum Gasteiger partial charge on any atom is -0.300 e. The standard InChI is InChI=1S/C5H8O/c1-4(6)5-2-3-5/h5H,2-3H2,1H3/i1D3. The summed E-state index contributed by atoms with van der Waals surface area (Å²) >= 11 is 0. The van der Waals surface area contributed by atoms with Gasteiger partial charge < -0.3 is 0 Å². The zero-order chi connectivity index (χ0) is 7.07. The van der Waals surface area contributed by atoms with Crippen LogP contribution in [-0.4, -0.2) is 5.78 Å². The number of Topliss-reactive ketones (excluding diaryl/α,β-unsaturated/α-hetero) is 1. The smallest absolute Gasteiger partial charge is 0.132 e. The molecule has 1 aliphatic carbocycles. The first kappa shape index (κ1) is 1.65. The molecular weight excluding hydrogens is 76.1 g/mol. The van der Waals surface area contributed by atoms with E-state index in [4.69, 9.17) is 4.11 Å².